The van der Waals surface area contributed by atoms with Crippen LogP contribution in [0.2, 0.25) is 0 Å². The molecule has 2 rings (SSSR count). The molecule has 0 aliphatic rings. The molecule has 2 nitrogen and oxygen atoms in total. The molecule has 0 saturated heterocycles. The minimum atomic E-state index is -1.20. The maximum atomic E-state index is 13.4. The summed E-state index contributed by atoms with van der Waals surface area (Å²) >= 11 is 0. The average Bonchev–Trinajstić information content (AvgIpc) is 2.37. The van der Waals surface area contributed by atoms with Crippen LogP contribution in [-0.4, -0.2) is 4.98 Å². The van der Waals surface area contributed by atoms with Gasteiger partial charge in [-0.15, -0.1) is 0 Å². The van der Waals surface area contributed by atoms with Crippen LogP contribution in [0.3, 0.4) is 0 Å². The first kappa shape index (κ1) is 12.6. The van der Waals surface area contributed by atoms with Crippen LogP contribution in [0.25, 0.3) is 0 Å². The summed E-state index contributed by atoms with van der Waals surface area (Å²) in [6.45, 7) is 0. The Balaban J connectivity index is 2.22. The van der Waals surface area contributed by atoms with E-state index in [0.717, 1.165) is 11.6 Å². The fourth-order valence-electron chi connectivity index (χ4n) is 1.69. The third-order valence-corrected chi connectivity index (χ3v) is 2.66. The molecular weight excluding hydrogens is 241 g/mol. The smallest absolute Gasteiger partial charge is 0.161 e. The van der Waals surface area contributed by atoms with E-state index in [4.69, 9.17) is 5.73 Å². The van der Waals surface area contributed by atoms with Gasteiger partial charge in [-0.2, -0.15) is 0 Å². The maximum absolute atomic E-state index is 13.4. The molecule has 0 saturated carbocycles. The zero-order chi connectivity index (χ0) is 13.1. The van der Waals surface area contributed by atoms with Crippen molar-refractivity contribution in [3.05, 3.63) is 65.2 Å². The molecule has 0 aliphatic heterocycles. The van der Waals surface area contributed by atoms with E-state index in [-0.39, 0.29) is 12.0 Å². The van der Waals surface area contributed by atoms with Crippen LogP contribution in [0.4, 0.5) is 13.2 Å². The van der Waals surface area contributed by atoms with Crippen LogP contribution < -0.4 is 5.73 Å². The van der Waals surface area contributed by atoms with Crippen molar-refractivity contribution in [2.45, 2.75) is 12.5 Å². The van der Waals surface area contributed by atoms with Crippen molar-refractivity contribution in [2.24, 2.45) is 5.73 Å². The zero-order valence-electron chi connectivity index (χ0n) is 9.41. The molecule has 0 bridgehead atoms. The molecule has 18 heavy (non-hydrogen) atoms. The van der Waals surface area contributed by atoms with Crippen molar-refractivity contribution >= 4 is 0 Å². The van der Waals surface area contributed by atoms with Crippen molar-refractivity contribution in [3.8, 4) is 0 Å². The first-order valence-corrected chi connectivity index (χ1v) is 5.37. The number of hydrogen-bond acceptors (Lipinski definition) is 2. The number of nitrogens with two attached hydrogens (primary N) is 1. The number of halogens is 3. The van der Waals surface area contributed by atoms with Gasteiger partial charge in [0.2, 0.25) is 0 Å². The minimum absolute atomic E-state index is 0.0539. The number of rotatable bonds is 3. The Morgan fingerprint density at radius 3 is 2.28 bits per heavy atom. The Hall–Kier alpha value is -1.88. The SMILES string of the molecule is N[C@H](Cc1cc(F)c(F)cc1F)c1ccncc1. The van der Waals surface area contributed by atoms with E-state index in [0.29, 0.717) is 6.07 Å². The molecule has 2 aromatic rings. The summed E-state index contributed by atoms with van der Waals surface area (Å²) in [5.74, 6) is -3.07. The number of benzene rings is 1. The van der Waals surface area contributed by atoms with E-state index < -0.39 is 23.5 Å². The maximum Gasteiger partial charge on any atom is 0.161 e. The third kappa shape index (κ3) is 2.68. The standard InChI is InChI=1S/C13H11F3N2/c14-10-7-12(16)11(15)5-9(10)6-13(17)8-1-3-18-4-2-8/h1-5,7,13H,6,17H2/t13-/m1/s1. The van der Waals surface area contributed by atoms with Crippen molar-refractivity contribution in [1.82, 2.24) is 4.98 Å². The van der Waals surface area contributed by atoms with E-state index in [2.05, 4.69) is 4.98 Å². The molecule has 1 aromatic heterocycles. The lowest BCUT2D eigenvalue weighted by Gasteiger charge is -2.12. The van der Waals surface area contributed by atoms with Crippen molar-refractivity contribution < 1.29 is 13.2 Å². The highest BCUT2D eigenvalue weighted by molar-refractivity contribution is 5.24. The lowest BCUT2D eigenvalue weighted by atomic mass is 10.00. The van der Waals surface area contributed by atoms with Crippen LogP contribution in [0.5, 0.6) is 0 Å². The molecule has 0 fully saturated rings. The number of pyridine rings is 1. The molecule has 5 heteroatoms. The second kappa shape index (κ2) is 5.18. The normalized spacial score (nSPS) is 12.4. The van der Waals surface area contributed by atoms with Gasteiger partial charge in [0.25, 0.3) is 0 Å². The van der Waals surface area contributed by atoms with E-state index in [1.54, 1.807) is 24.5 Å². The van der Waals surface area contributed by atoms with E-state index >= 15 is 0 Å². The summed E-state index contributed by atoms with van der Waals surface area (Å²) in [5, 5.41) is 0. The van der Waals surface area contributed by atoms with Crippen molar-refractivity contribution in [1.29, 1.82) is 0 Å². The predicted octanol–water partition coefficient (Wildman–Crippen LogP) is 2.74. The lowest BCUT2D eigenvalue weighted by molar-refractivity contribution is 0.487. The largest absolute Gasteiger partial charge is 0.324 e. The van der Waals surface area contributed by atoms with Crippen LogP contribution in [0.1, 0.15) is 17.2 Å². The summed E-state index contributed by atoms with van der Waals surface area (Å²) in [6.07, 6.45) is 3.22. The molecular formula is C13H11F3N2. The molecule has 1 heterocycles. The van der Waals surface area contributed by atoms with Gasteiger partial charge in [-0.3, -0.25) is 4.98 Å². The van der Waals surface area contributed by atoms with Gasteiger partial charge in [0.1, 0.15) is 5.82 Å². The van der Waals surface area contributed by atoms with Crippen LogP contribution >= 0.6 is 0 Å². The van der Waals surface area contributed by atoms with Gasteiger partial charge in [0.15, 0.2) is 11.6 Å². The Labute approximate surface area is 102 Å². The highest BCUT2D eigenvalue weighted by atomic mass is 19.2. The van der Waals surface area contributed by atoms with Crippen LogP contribution in [0.15, 0.2) is 36.7 Å². The second-order valence-corrected chi connectivity index (χ2v) is 3.95. The summed E-state index contributed by atoms with van der Waals surface area (Å²) < 4.78 is 39.2. The Bertz CT molecular complexity index is 543. The fraction of sp³-hybridized carbons (Fsp3) is 0.154. The zero-order valence-corrected chi connectivity index (χ0v) is 9.41. The molecule has 0 spiro atoms. The van der Waals surface area contributed by atoms with Gasteiger partial charge in [-0.1, -0.05) is 0 Å². The third-order valence-electron chi connectivity index (χ3n) is 2.66. The Morgan fingerprint density at radius 1 is 1.00 bits per heavy atom. The van der Waals surface area contributed by atoms with Crippen LogP contribution in [0, 0.1) is 17.5 Å². The first-order chi connectivity index (χ1) is 8.58. The monoisotopic (exact) mass is 252 g/mol. The van der Waals surface area contributed by atoms with Gasteiger partial charge in [0, 0.05) is 24.5 Å². The van der Waals surface area contributed by atoms with Crippen LogP contribution in [-0.2, 0) is 6.42 Å². The van der Waals surface area contributed by atoms with Gasteiger partial charge in [-0.25, -0.2) is 13.2 Å². The molecule has 0 aliphatic carbocycles. The molecule has 94 valence electrons. The Kier molecular flexibility index (Phi) is 3.62. The number of nitrogens with zero attached hydrogens (tertiary/aromatic N) is 1. The summed E-state index contributed by atoms with van der Waals surface area (Å²) in [6, 6.07) is 4.27. The average molecular weight is 252 g/mol. The predicted molar refractivity (Wildman–Crippen MR) is 61.2 cm³/mol. The molecule has 0 amide bonds. The summed E-state index contributed by atoms with van der Waals surface area (Å²) in [4.78, 5) is 3.84. The number of hydrogen-bond donors (Lipinski definition) is 1. The van der Waals surface area contributed by atoms with Crippen molar-refractivity contribution in [3.63, 3.8) is 0 Å². The molecule has 0 radical (unpaired) electrons. The Morgan fingerprint density at radius 2 is 1.61 bits per heavy atom. The second-order valence-electron chi connectivity index (χ2n) is 3.95. The quantitative estimate of drug-likeness (QED) is 0.853. The minimum Gasteiger partial charge on any atom is -0.324 e. The lowest BCUT2D eigenvalue weighted by Crippen LogP contribution is -2.14. The number of aromatic nitrogens is 1. The highest BCUT2D eigenvalue weighted by Gasteiger charge is 2.14. The van der Waals surface area contributed by atoms with E-state index in [1.165, 1.54) is 0 Å². The molecule has 1 atom stereocenters. The molecule has 0 unspecified atom stereocenters. The van der Waals surface area contributed by atoms with E-state index in [9.17, 15) is 13.2 Å². The topological polar surface area (TPSA) is 38.9 Å². The highest BCUT2D eigenvalue weighted by Crippen LogP contribution is 2.20. The first-order valence-electron chi connectivity index (χ1n) is 5.37. The summed E-state index contributed by atoms with van der Waals surface area (Å²) in [7, 11) is 0. The van der Waals surface area contributed by atoms with E-state index in [1.807, 2.05) is 0 Å². The summed E-state index contributed by atoms with van der Waals surface area (Å²) in [5.41, 5.74) is 6.69. The fourth-order valence-corrected chi connectivity index (χ4v) is 1.69. The van der Waals surface area contributed by atoms with Crippen molar-refractivity contribution in [2.75, 3.05) is 0 Å². The van der Waals surface area contributed by atoms with Gasteiger partial charge in [0.05, 0.1) is 0 Å². The van der Waals surface area contributed by atoms with Gasteiger partial charge in [-0.05, 0) is 35.7 Å². The molecule has 1 aromatic carbocycles. The van der Waals surface area contributed by atoms with Gasteiger partial charge < -0.3 is 5.73 Å². The van der Waals surface area contributed by atoms with Gasteiger partial charge >= 0.3 is 0 Å². The molecule has 2 N–H and O–H groups in total.